The van der Waals surface area contributed by atoms with E-state index in [2.05, 4.69) is 4.72 Å². The van der Waals surface area contributed by atoms with Crippen molar-refractivity contribution < 1.29 is 13.2 Å². The number of rotatable bonds is 6. The maximum atomic E-state index is 12.5. The van der Waals surface area contributed by atoms with Gasteiger partial charge in [-0.3, -0.25) is 0 Å². The fourth-order valence-corrected chi connectivity index (χ4v) is 3.56. The number of ether oxygens (including phenoxy) is 1. The van der Waals surface area contributed by atoms with Crippen molar-refractivity contribution >= 4 is 20.8 Å². The second kappa shape index (κ2) is 7.03. The van der Waals surface area contributed by atoms with Crippen LogP contribution in [0, 0.1) is 0 Å². The molecule has 0 atom stereocenters. The highest BCUT2D eigenvalue weighted by Crippen LogP contribution is 2.19. The van der Waals surface area contributed by atoms with Crippen LogP contribution in [0.3, 0.4) is 0 Å². The van der Waals surface area contributed by atoms with Gasteiger partial charge < -0.3 is 4.74 Å². The Morgan fingerprint density at radius 3 is 2.50 bits per heavy atom. The smallest absolute Gasteiger partial charge is 0.240 e. The van der Waals surface area contributed by atoms with Crippen LogP contribution in [0.4, 0.5) is 0 Å². The van der Waals surface area contributed by atoms with Crippen LogP contribution in [0.2, 0.25) is 0 Å². The summed E-state index contributed by atoms with van der Waals surface area (Å²) in [5.41, 5.74) is 0.852. The first-order valence-electron chi connectivity index (χ1n) is 7.79. The largest absolute Gasteiger partial charge is 0.494 e. The van der Waals surface area contributed by atoms with Crippen molar-refractivity contribution in [2.45, 2.75) is 18.4 Å². The summed E-state index contributed by atoms with van der Waals surface area (Å²) in [5, 5.41) is 1.92. The lowest BCUT2D eigenvalue weighted by atomic mass is 10.1. The molecule has 3 aromatic carbocycles. The molecule has 0 unspecified atom stereocenters. The van der Waals surface area contributed by atoms with E-state index in [0.29, 0.717) is 6.61 Å². The zero-order valence-electron chi connectivity index (χ0n) is 13.4. The molecule has 0 fully saturated rings. The van der Waals surface area contributed by atoms with Gasteiger partial charge in [0.15, 0.2) is 0 Å². The van der Waals surface area contributed by atoms with Crippen LogP contribution in [-0.2, 0) is 16.6 Å². The summed E-state index contributed by atoms with van der Waals surface area (Å²) in [5.74, 6) is 0.736. The predicted molar refractivity (Wildman–Crippen MR) is 95.6 cm³/mol. The Morgan fingerprint density at radius 2 is 1.71 bits per heavy atom. The van der Waals surface area contributed by atoms with E-state index in [0.717, 1.165) is 22.1 Å². The van der Waals surface area contributed by atoms with Gasteiger partial charge in [0, 0.05) is 6.54 Å². The molecule has 0 aliphatic carbocycles. The summed E-state index contributed by atoms with van der Waals surface area (Å²) >= 11 is 0. The average molecular weight is 341 g/mol. The number of hydrogen-bond acceptors (Lipinski definition) is 3. The summed E-state index contributed by atoms with van der Waals surface area (Å²) in [6.45, 7) is 2.71. The third kappa shape index (κ3) is 3.75. The number of nitrogens with one attached hydrogen (secondary N) is 1. The van der Waals surface area contributed by atoms with Gasteiger partial charge in [0.05, 0.1) is 11.5 Å². The minimum atomic E-state index is -3.57. The first-order chi connectivity index (χ1) is 11.6. The highest BCUT2D eigenvalue weighted by molar-refractivity contribution is 7.89. The van der Waals surface area contributed by atoms with E-state index in [1.807, 2.05) is 61.5 Å². The maximum absolute atomic E-state index is 12.5. The number of sulfonamides is 1. The molecule has 124 valence electrons. The summed E-state index contributed by atoms with van der Waals surface area (Å²) in [6.07, 6.45) is 0. The molecule has 0 amide bonds. The van der Waals surface area contributed by atoms with Crippen molar-refractivity contribution in [2.24, 2.45) is 0 Å². The minimum Gasteiger partial charge on any atom is -0.494 e. The molecule has 0 saturated carbocycles. The zero-order chi connectivity index (χ0) is 17.0. The highest BCUT2D eigenvalue weighted by Gasteiger charge is 2.14. The molecule has 0 aliphatic rings. The number of fused-ring (bicyclic) bond motifs is 1. The molecule has 24 heavy (non-hydrogen) atoms. The molecule has 0 bridgehead atoms. The Kier molecular flexibility index (Phi) is 4.83. The van der Waals surface area contributed by atoms with Gasteiger partial charge in [-0.15, -0.1) is 0 Å². The molecule has 3 rings (SSSR count). The van der Waals surface area contributed by atoms with Crippen molar-refractivity contribution in [3.8, 4) is 5.75 Å². The Balaban J connectivity index is 1.78. The normalized spacial score (nSPS) is 11.5. The lowest BCUT2D eigenvalue weighted by Crippen LogP contribution is -2.23. The van der Waals surface area contributed by atoms with Gasteiger partial charge in [0.1, 0.15) is 5.75 Å². The second-order valence-corrected chi connectivity index (χ2v) is 7.18. The lowest BCUT2D eigenvalue weighted by molar-refractivity contribution is 0.340. The van der Waals surface area contributed by atoms with Gasteiger partial charge in [-0.25, -0.2) is 13.1 Å². The molecule has 0 aromatic heterocycles. The van der Waals surface area contributed by atoms with E-state index in [1.165, 1.54) is 0 Å². The van der Waals surface area contributed by atoms with Crippen molar-refractivity contribution in [1.29, 1.82) is 0 Å². The Labute approximate surface area is 142 Å². The Morgan fingerprint density at radius 1 is 0.917 bits per heavy atom. The van der Waals surface area contributed by atoms with Crippen molar-refractivity contribution in [1.82, 2.24) is 4.72 Å². The third-order valence-electron chi connectivity index (χ3n) is 3.71. The SMILES string of the molecule is CCOc1cccc(CNS(=O)(=O)c2ccc3ccccc3c2)c1. The molecule has 0 radical (unpaired) electrons. The van der Waals surface area contributed by atoms with E-state index < -0.39 is 10.0 Å². The van der Waals surface area contributed by atoms with Gasteiger partial charge in [-0.1, -0.05) is 42.5 Å². The summed E-state index contributed by atoms with van der Waals surface area (Å²) in [4.78, 5) is 0.266. The first-order valence-corrected chi connectivity index (χ1v) is 9.27. The standard InChI is InChI=1S/C19H19NO3S/c1-2-23-18-9-5-6-15(12-18)14-20-24(21,22)19-11-10-16-7-3-4-8-17(16)13-19/h3-13,20H,2,14H2,1H3. The van der Waals surface area contributed by atoms with Gasteiger partial charge in [0.25, 0.3) is 0 Å². The number of hydrogen-bond donors (Lipinski definition) is 1. The van der Waals surface area contributed by atoms with Crippen LogP contribution < -0.4 is 9.46 Å². The van der Waals surface area contributed by atoms with E-state index in [9.17, 15) is 8.42 Å². The molecule has 0 aliphatic heterocycles. The molecule has 5 heteroatoms. The highest BCUT2D eigenvalue weighted by atomic mass is 32.2. The minimum absolute atomic E-state index is 0.218. The van der Waals surface area contributed by atoms with E-state index >= 15 is 0 Å². The maximum Gasteiger partial charge on any atom is 0.240 e. The Hall–Kier alpha value is -2.37. The summed E-state index contributed by atoms with van der Waals surface area (Å²) in [7, 11) is -3.57. The van der Waals surface area contributed by atoms with Gasteiger partial charge in [-0.2, -0.15) is 0 Å². The molecule has 4 nitrogen and oxygen atoms in total. The molecule has 0 spiro atoms. The molecular formula is C19H19NO3S. The first kappa shape index (κ1) is 16.5. The van der Waals surface area contributed by atoms with Crippen molar-refractivity contribution in [3.05, 3.63) is 72.3 Å². The van der Waals surface area contributed by atoms with Gasteiger partial charge in [0.2, 0.25) is 10.0 Å². The average Bonchev–Trinajstić information content (AvgIpc) is 2.60. The third-order valence-corrected chi connectivity index (χ3v) is 5.11. The van der Waals surface area contributed by atoms with Crippen LogP contribution in [0.1, 0.15) is 12.5 Å². The lowest BCUT2D eigenvalue weighted by Gasteiger charge is -2.09. The van der Waals surface area contributed by atoms with Crippen LogP contribution >= 0.6 is 0 Å². The van der Waals surface area contributed by atoms with Crippen LogP contribution in [-0.4, -0.2) is 15.0 Å². The van der Waals surface area contributed by atoms with E-state index in [4.69, 9.17) is 4.74 Å². The Bertz CT molecular complexity index is 951. The molecule has 3 aromatic rings. The van der Waals surface area contributed by atoms with E-state index in [1.54, 1.807) is 12.1 Å². The van der Waals surface area contributed by atoms with Gasteiger partial charge in [-0.05, 0) is 47.5 Å². The van der Waals surface area contributed by atoms with Crippen molar-refractivity contribution in [2.75, 3.05) is 6.61 Å². The second-order valence-electron chi connectivity index (χ2n) is 5.41. The van der Waals surface area contributed by atoms with Crippen LogP contribution in [0.5, 0.6) is 5.75 Å². The van der Waals surface area contributed by atoms with Crippen LogP contribution in [0.25, 0.3) is 10.8 Å². The monoisotopic (exact) mass is 341 g/mol. The molecule has 1 N–H and O–H groups in total. The predicted octanol–water partition coefficient (Wildman–Crippen LogP) is 3.72. The fourth-order valence-electron chi connectivity index (χ4n) is 2.51. The molecule has 0 heterocycles. The van der Waals surface area contributed by atoms with Crippen molar-refractivity contribution in [3.63, 3.8) is 0 Å². The topological polar surface area (TPSA) is 55.4 Å². The quantitative estimate of drug-likeness (QED) is 0.743. The summed E-state index contributed by atoms with van der Waals surface area (Å²) < 4.78 is 33.1. The number of benzene rings is 3. The molecule has 0 saturated heterocycles. The summed E-state index contributed by atoms with van der Waals surface area (Å²) in [6, 6.07) is 20.2. The zero-order valence-corrected chi connectivity index (χ0v) is 14.2. The fraction of sp³-hybridized carbons (Fsp3) is 0.158. The van der Waals surface area contributed by atoms with E-state index in [-0.39, 0.29) is 11.4 Å². The van der Waals surface area contributed by atoms with Gasteiger partial charge >= 0.3 is 0 Å². The van der Waals surface area contributed by atoms with Crippen LogP contribution in [0.15, 0.2) is 71.6 Å². The molecular weight excluding hydrogens is 322 g/mol.